The fourth-order valence-corrected chi connectivity index (χ4v) is 4.89. The smallest absolute Gasteiger partial charge is 0.303 e. The first-order valence-electron chi connectivity index (χ1n) is 17.3. The van der Waals surface area contributed by atoms with Crippen molar-refractivity contribution in [2.45, 2.75) is 76.7 Å². The highest BCUT2D eigenvalue weighted by Gasteiger charge is 2.12. The number of nitrogens with zero attached hydrogens (tertiary/aromatic N) is 1. The normalized spacial score (nSPS) is 12.8. The van der Waals surface area contributed by atoms with Crippen LogP contribution in [0, 0.1) is 15.9 Å². The summed E-state index contributed by atoms with van der Waals surface area (Å²) in [6.45, 7) is 5.06. The quantitative estimate of drug-likeness (QED) is 0.0443. The van der Waals surface area contributed by atoms with E-state index in [1.165, 1.54) is 24.3 Å². The first-order chi connectivity index (χ1) is 25.2. The number of phenols is 1. The zero-order chi connectivity index (χ0) is 39.2. The van der Waals surface area contributed by atoms with Crippen molar-refractivity contribution < 1.29 is 44.4 Å². The van der Waals surface area contributed by atoms with Gasteiger partial charge in [-0.3, -0.25) is 19.7 Å². The lowest BCUT2D eigenvalue weighted by Gasteiger charge is -2.17. The Kier molecular flexibility index (Phi) is 20.0. The number of nitro benzene ring substituents is 1. The molecule has 0 spiro atoms. The fraction of sp³-hybridized carbons (Fsp3) is 0.350. The van der Waals surface area contributed by atoms with E-state index in [0.29, 0.717) is 18.7 Å². The Hall–Kier alpha value is -5.21. The van der Waals surface area contributed by atoms with E-state index in [1.807, 2.05) is 30.3 Å². The molecule has 0 aliphatic carbocycles. The number of nitro groups is 1. The molecule has 4 atom stereocenters. The van der Waals surface area contributed by atoms with Crippen LogP contribution in [0.4, 0.5) is 10.1 Å². The van der Waals surface area contributed by atoms with Crippen molar-refractivity contribution in [2.24, 2.45) is 0 Å². The average molecular weight is 736 g/mol. The van der Waals surface area contributed by atoms with Crippen LogP contribution < -0.4 is 10.6 Å². The van der Waals surface area contributed by atoms with Crippen LogP contribution in [0.15, 0.2) is 103 Å². The molecule has 7 N–H and O–H groups in total. The van der Waals surface area contributed by atoms with Crippen LogP contribution in [-0.2, 0) is 22.4 Å². The van der Waals surface area contributed by atoms with Crippen molar-refractivity contribution in [1.82, 2.24) is 10.6 Å². The number of aromatic hydroxyl groups is 1. The standard InChI is InChI=1S/C18H22FNO2.C18H22N2O3.C4H6O4/c1-13(5-6-14-7-9-16(19)10-8-14)20-12-18(22)15-3-2-4-17(21)11-15;1-14(19-13-18(21)16-5-3-2-4-6-16)7-8-15-9-11-17(12-10-15)20(22)23;5-3(6)1-2-4(7)8/h2-4,7-11,13,18,20-22H,5-6,12H2,1H3;2-6,9-12,14,18-19,21H,7-8,13H2,1H3;1-2H2,(H,5,6)(H,7,8). The van der Waals surface area contributed by atoms with Gasteiger partial charge in [0.2, 0.25) is 0 Å². The molecule has 0 radical (unpaired) electrons. The second-order valence-corrected chi connectivity index (χ2v) is 12.6. The van der Waals surface area contributed by atoms with Gasteiger partial charge < -0.3 is 36.2 Å². The third-order valence-corrected chi connectivity index (χ3v) is 8.10. The van der Waals surface area contributed by atoms with E-state index in [0.717, 1.165) is 42.4 Å². The Balaban J connectivity index is 0.000000306. The monoisotopic (exact) mass is 735 g/mol. The summed E-state index contributed by atoms with van der Waals surface area (Å²) in [5.41, 5.74) is 3.89. The number of phenolic OH excluding ortho intramolecular Hbond substituents is 1. The summed E-state index contributed by atoms with van der Waals surface area (Å²) < 4.78 is 12.8. The molecule has 0 bridgehead atoms. The lowest BCUT2D eigenvalue weighted by atomic mass is 10.0. The van der Waals surface area contributed by atoms with Gasteiger partial charge in [-0.2, -0.15) is 0 Å². The van der Waals surface area contributed by atoms with Gasteiger partial charge in [-0.25, -0.2) is 4.39 Å². The minimum atomic E-state index is -1.08. The predicted octanol–water partition coefficient (Wildman–Crippen LogP) is 6.35. The Labute approximate surface area is 309 Å². The molecule has 286 valence electrons. The molecule has 0 saturated carbocycles. The van der Waals surface area contributed by atoms with Crippen LogP contribution in [-0.4, -0.2) is 67.6 Å². The molecule has 0 fully saturated rings. The lowest BCUT2D eigenvalue weighted by Crippen LogP contribution is -2.30. The number of benzene rings is 4. The molecule has 4 rings (SSSR count). The van der Waals surface area contributed by atoms with Gasteiger partial charge in [0, 0.05) is 37.3 Å². The van der Waals surface area contributed by atoms with E-state index < -0.39 is 24.1 Å². The highest BCUT2D eigenvalue weighted by molar-refractivity contribution is 5.75. The summed E-state index contributed by atoms with van der Waals surface area (Å²) >= 11 is 0. The second-order valence-electron chi connectivity index (χ2n) is 12.6. The number of nitrogens with one attached hydrogen (secondary N) is 2. The first-order valence-corrected chi connectivity index (χ1v) is 17.3. The van der Waals surface area contributed by atoms with Crippen molar-refractivity contribution in [3.05, 3.63) is 141 Å². The third kappa shape index (κ3) is 19.3. The van der Waals surface area contributed by atoms with Gasteiger partial charge in [-0.05, 0) is 86.1 Å². The zero-order valence-electron chi connectivity index (χ0n) is 30.0. The Morgan fingerprint density at radius 1 is 0.698 bits per heavy atom. The molecule has 13 heteroatoms. The molecule has 4 aromatic carbocycles. The first kappa shape index (κ1) is 44.0. The van der Waals surface area contributed by atoms with Crippen LogP contribution in [0.25, 0.3) is 0 Å². The largest absolute Gasteiger partial charge is 0.508 e. The van der Waals surface area contributed by atoms with Crippen molar-refractivity contribution in [3.8, 4) is 5.75 Å². The van der Waals surface area contributed by atoms with Gasteiger partial charge >= 0.3 is 11.9 Å². The Morgan fingerprint density at radius 2 is 1.15 bits per heavy atom. The molecule has 12 nitrogen and oxygen atoms in total. The molecule has 53 heavy (non-hydrogen) atoms. The van der Waals surface area contributed by atoms with Crippen molar-refractivity contribution in [1.29, 1.82) is 0 Å². The van der Waals surface area contributed by atoms with E-state index in [1.54, 1.807) is 48.5 Å². The number of carboxylic acids is 2. The van der Waals surface area contributed by atoms with Gasteiger partial charge in [0.05, 0.1) is 30.0 Å². The highest BCUT2D eigenvalue weighted by atomic mass is 19.1. The minimum absolute atomic E-state index is 0.117. The third-order valence-electron chi connectivity index (χ3n) is 8.10. The average Bonchev–Trinajstić information content (AvgIpc) is 3.15. The molecule has 0 aliphatic rings. The lowest BCUT2D eigenvalue weighted by molar-refractivity contribution is -0.384. The molecular weight excluding hydrogens is 685 g/mol. The molecule has 0 heterocycles. The van der Waals surface area contributed by atoms with Gasteiger partial charge in [0.1, 0.15) is 11.6 Å². The number of aliphatic hydroxyl groups is 2. The summed E-state index contributed by atoms with van der Waals surface area (Å²) in [7, 11) is 0. The number of non-ortho nitro benzene ring substituents is 1. The maximum atomic E-state index is 12.8. The van der Waals surface area contributed by atoms with Crippen molar-refractivity contribution >= 4 is 17.6 Å². The highest BCUT2D eigenvalue weighted by Crippen LogP contribution is 2.18. The molecule has 0 aliphatic heterocycles. The van der Waals surface area contributed by atoms with Crippen LogP contribution in [0.2, 0.25) is 0 Å². The van der Waals surface area contributed by atoms with Gasteiger partial charge in [-0.1, -0.05) is 66.7 Å². The number of rotatable bonds is 18. The molecule has 0 aromatic heterocycles. The summed E-state index contributed by atoms with van der Waals surface area (Å²) in [6.07, 6.45) is 1.74. The second kappa shape index (κ2) is 24.1. The maximum absolute atomic E-state index is 12.8. The maximum Gasteiger partial charge on any atom is 0.303 e. The van der Waals surface area contributed by atoms with E-state index >= 15 is 0 Å². The summed E-state index contributed by atoms with van der Waals surface area (Å²) in [6, 6.07) is 29.9. The summed E-state index contributed by atoms with van der Waals surface area (Å²) in [5.74, 6) is -2.22. The predicted molar refractivity (Wildman–Crippen MR) is 200 cm³/mol. The number of halogens is 1. The minimum Gasteiger partial charge on any atom is -0.508 e. The molecule has 0 amide bonds. The number of carbonyl (C=O) groups is 2. The van der Waals surface area contributed by atoms with Gasteiger partial charge in [-0.15, -0.1) is 0 Å². The van der Waals surface area contributed by atoms with Gasteiger partial charge in [0.25, 0.3) is 5.69 Å². The Morgan fingerprint density at radius 3 is 1.60 bits per heavy atom. The molecule has 4 aromatic rings. The summed E-state index contributed by atoms with van der Waals surface area (Å²) in [5, 5.41) is 62.6. The van der Waals surface area contributed by atoms with E-state index in [4.69, 9.17) is 10.2 Å². The number of aliphatic carboxylic acids is 2. The van der Waals surface area contributed by atoms with E-state index in [2.05, 4.69) is 24.5 Å². The van der Waals surface area contributed by atoms with Crippen LogP contribution >= 0.6 is 0 Å². The van der Waals surface area contributed by atoms with Crippen LogP contribution in [0.3, 0.4) is 0 Å². The number of hydrogen-bond donors (Lipinski definition) is 7. The molecule has 0 saturated heterocycles. The number of carboxylic acid groups (broad SMARTS) is 2. The number of aliphatic hydroxyl groups excluding tert-OH is 2. The topological polar surface area (TPSA) is 202 Å². The van der Waals surface area contributed by atoms with Crippen LogP contribution in [0.1, 0.15) is 74.0 Å². The van der Waals surface area contributed by atoms with Crippen molar-refractivity contribution in [3.63, 3.8) is 0 Å². The zero-order valence-corrected chi connectivity index (χ0v) is 30.0. The van der Waals surface area contributed by atoms with E-state index in [9.17, 15) is 39.4 Å². The number of aryl methyl sites for hydroxylation is 2. The van der Waals surface area contributed by atoms with E-state index in [-0.39, 0.29) is 47.1 Å². The fourth-order valence-electron chi connectivity index (χ4n) is 4.89. The molecular formula is C40H50FN3O9. The van der Waals surface area contributed by atoms with Crippen molar-refractivity contribution in [2.75, 3.05) is 13.1 Å². The molecule has 4 unspecified atom stereocenters. The summed E-state index contributed by atoms with van der Waals surface area (Å²) in [4.78, 5) is 29.5. The Bertz CT molecular complexity index is 1640. The number of hydrogen-bond acceptors (Lipinski definition) is 9. The van der Waals surface area contributed by atoms with Crippen LogP contribution in [0.5, 0.6) is 5.75 Å². The SMILES string of the molecule is CC(CCc1ccc(F)cc1)NCC(O)c1cccc(O)c1.CC(CCc1ccc([N+](=O)[O-])cc1)NCC(O)c1ccccc1.O=C(O)CCC(=O)O. The van der Waals surface area contributed by atoms with Gasteiger partial charge in [0.15, 0.2) is 0 Å².